The second-order valence-electron chi connectivity index (χ2n) is 6.29. The van der Waals surface area contributed by atoms with Crippen LogP contribution in [0.2, 0.25) is 0 Å². The van der Waals surface area contributed by atoms with Gasteiger partial charge in [0.2, 0.25) is 0 Å². The van der Waals surface area contributed by atoms with Crippen LogP contribution in [0.15, 0.2) is 24.3 Å². The van der Waals surface area contributed by atoms with Gasteiger partial charge in [0.1, 0.15) is 0 Å². The van der Waals surface area contributed by atoms with E-state index in [4.69, 9.17) is 0 Å². The van der Waals surface area contributed by atoms with Crippen molar-refractivity contribution in [1.82, 2.24) is 10.2 Å². The number of benzene rings is 1. The van der Waals surface area contributed by atoms with Crippen LogP contribution in [0.4, 0.5) is 0 Å². The molecular formula is C20H32N2O. The molecule has 0 heterocycles. The zero-order valence-electron chi connectivity index (χ0n) is 14.8. The van der Waals surface area contributed by atoms with Gasteiger partial charge in [-0.15, -0.1) is 0 Å². The van der Waals surface area contributed by atoms with Crippen LogP contribution in [-0.4, -0.2) is 37.0 Å². The van der Waals surface area contributed by atoms with Gasteiger partial charge >= 0.3 is 0 Å². The molecule has 0 unspecified atom stereocenters. The van der Waals surface area contributed by atoms with Crippen molar-refractivity contribution in [3.8, 4) is 0 Å². The largest absolute Gasteiger partial charge is 0.351 e. The molecule has 1 aromatic rings. The number of amides is 1. The molecule has 0 atom stereocenters. The molecule has 0 saturated carbocycles. The molecule has 1 aromatic carbocycles. The molecule has 1 aliphatic carbocycles. The molecular weight excluding hydrogens is 284 g/mol. The van der Waals surface area contributed by atoms with Crippen LogP contribution >= 0.6 is 0 Å². The normalized spacial score (nSPS) is 14.7. The first-order chi connectivity index (χ1) is 11.2. The number of hydrogen-bond donors (Lipinski definition) is 1. The average Bonchev–Trinajstić information content (AvgIpc) is 2.59. The van der Waals surface area contributed by atoms with E-state index in [2.05, 4.69) is 49.2 Å². The van der Waals surface area contributed by atoms with Crippen LogP contribution in [0, 0.1) is 6.92 Å². The lowest BCUT2D eigenvalue weighted by atomic mass is 9.90. The fraction of sp³-hybridized carbons (Fsp3) is 0.550. The third-order valence-corrected chi connectivity index (χ3v) is 4.74. The van der Waals surface area contributed by atoms with E-state index < -0.39 is 0 Å². The summed E-state index contributed by atoms with van der Waals surface area (Å²) in [7, 11) is 0. The third-order valence-electron chi connectivity index (χ3n) is 4.74. The zero-order chi connectivity index (χ0) is 16.7. The molecule has 128 valence electrons. The van der Waals surface area contributed by atoms with Gasteiger partial charge in [0.05, 0.1) is 0 Å². The topological polar surface area (TPSA) is 32.3 Å². The first-order valence-electron chi connectivity index (χ1n) is 8.96. The van der Waals surface area contributed by atoms with Crippen molar-refractivity contribution in [2.45, 2.75) is 46.5 Å². The van der Waals surface area contributed by atoms with Gasteiger partial charge in [0.25, 0.3) is 5.91 Å². The summed E-state index contributed by atoms with van der Waals surface area (Å²) in [5.41, 5.74) is 4.70. The van der Waals surface area contributed by atoms with Crippen molar-refractivity contribution in [3.63, 3.8) is 0 Å². The Hall–Kier alpha value is -1.61. The highest BCUT2D eigenvalue weighted by atomic mass is 16.1. The second-order valence-corrected chi connectivity index (χ2v) is 6.29. The maximum absolute atomic E-state index is 12.4. The molecule has 3 heteroatoms. The van der Waals surface area contributed by atoms with E-state index in [9.17, 15) is 4.79 Å². The highest BCUT2D eigenvalue weighted by Gasteiger charge is 2.12. The first-order valence-corrected chi connectivity index (χ1v) is 8.96. The van der Waals surface area contributed by atoms with E-state index in [-0.39, 0.29) is 7.33 Å². The van der Waals surface area contributed by atoms with Crippen molar-refractivity contribution in [2.75, 3.05) is 26.2 Å². The zero-order valence-corrected chi connectivity index (χ0v) is 14.8. The van der Waals surface area contributed by atoms with Crippen LogP contribution in [0.5, 0.6) is 0 Å². The van der Waals surface area contributed by atoms with E-state index in [0.29, 0.717) is 6.54 Å². The fourth-order valence-electron chi connectivity index (χ4n) is 3.16. The summed E-state index contributed by atoms with van der Waals surface area (Å²) >= 11 is 0. The highest BCUT2D eigenvalue weighted by Crippen LogP contribution is 2.29. The number of allylic oxidation sites excluding steroid dienone is 2. The third kappa shape index (κ3) is 4.93. The Morgan fingerprint density at radius 3 is 2.70 bits per heavy atom. The van der Waals surface area contributed by atoms with E-state index >= 15 is 0 Å². The van der Waals surface area contributed by atoms with Gasteiger partial charge in [-0.3, -0.25) is 4.79 Å². The van der Waals surface area contributed by atoms with E-state index in [1.807, 2.05) is 6.07 Å². The smallest absolute Gasteiger partial charge is 0.251 e. The Morgan fingerprint density at radius 1 is 1.26 bits per heavy atom. The number of nitrogens with zero attached hydrogens (tertiary/aromatic N) is 1. The van der Waals surface area contributed by atoms with Gasteiger partial charge in [-0.2, -0.15) is 0 Å². The molecule has 0 spiro atoms. The number of nitrogens with one attached hydrogen (secondary N) is 1. The molecule has 0 radical (unpaired) electrons. The fourth-order valence-corrected chi connectivity index (χ4v) is 3.16. The molecule has 0 saturated heterocycles. The SMILES string of the molecule is CCN(CC)CCNC(=O)c1ccc(C)c(C2=CCCCC2)c1.[HH]. The Kier molecular flexibility index (Phi) is 6.85. The molecule has 0 aromatic heterocycles. The maximum atomic E-state index is 12.4. The number of aryl methyl sites for hydroxylation is 1. The maximum Gasteiger partial charge on any atom is 0.251 e. The number of carbonyl (C=O) groups excluding carboxylic acids is 1. The molecule has 1 aliphatic rings. The lowest BCUT2D eigenvalue weighted by Crippen LogP contribution is -2.34. The van der Waals surface area contributed by atoms with Gasteiger partial charge in [0, 0.05) is 20.1 Å². The number of hydrogen-bond acceptors (Lipinski definition) is 2. The average molecular weight is 316 g/mol. The van der Waals surface area contributed by atoms with E-state index in [1.165, 1.54) is 29.5 Å². The molecule has 3 nitrogen and oxygen atoms in total. The van der Waals surface area contributed by atoms with Crippen LogP contribution in [0.1, 0.15) is 62.4 Å². The Bertz CT molecular complexity index is 565. The lowest BCUT2D eigenvalue weighted by molar-refractivity contribution is 0.0949. The van der Waals surface area contributed by atoms with Crippen molar-refractivity contribution in [3.05, 3.63) is 41.0 Å². The van der Waals surface area contributed by atoms with E-state index in [0.717, 1.165) is 38.0 Å². The molecule has 0 fully saturated rings. The van der Waals surface area contributed by atoms with Crippen molar-refractivity contribution < 1.29 is 6.22 Å². The minimum Gasteiger partial charge on any atom is -0.351 e. The van der Waals surface area contributed by atoms with Crippen LogP contribution in [0.3, 0.4) is 0 Å². The second kappa shape index (κ2) is 8.88. The standard InChI is InChI=1S/C20H30N2O.H2/c1-4-22(5-2)14-13-21-20(23)18-12-11-16(3)19(15-18)17-9-7-6-8-10-17;/h9,11-12,15H,4-8,10,13-14H2,1-3H3,(H,21,23);1H. The molecule has 0 bridgehead atoms. The van der Waals surface area contributed by atoms with Crippen molar-refractivity contribution in [1.29, 1.82) is 0 Å². The molecule has 1 N–H and O–H groups in total. The molecule has 0 aliphatic heterocycles. The summed E-state index contributed by atoms with van der Waals surface area (Å²) in [5.74, 6) is 0.0369. The van der Waals surface area contributed by atoms with Gasteiger partial charge in [-0.1, -0.05) is 26.0 Å². The minimum atomic E-state index is 0. The predicted molar refractivity (Wildman–Crippen MR) is 99.9 cm³/mol. The number of likely N-dealkylation sites (N-methyl/N-ethyl adjacent to an activating group) is 1. The number of carbonyl (C=O) groups is 1. The van der Waals surface area contributed by atoms with Crippen LogP contribution < -0.4 is 5.32 Å². The summed E-state index contributed by atoms with van der Waals surface area (Å²) in [6, 6.07) is 6.08. The molecule has 2 rings (SSSR count). The Balaban J connectivity index is 0.00000288. The van der Waals surface area contributed by atoms with Crippen molar-refractivity contribution >= 4 is 11.5 Å². The van der Waals surface area contributed by atoms with Crippen LogP contribution in [-0.2, 0) is 0 Å². The summed E-state index contributed by atoms with van der Waals surface area (Å²) in [5, 5.41) is 3.05. The summed E-state index contributed by atoms with van der Waals surface area (Å²) in [6.07, 6.45) is 7.18. The molecule has 23 heavy (non-hydrogen) atoms. The predicted octanol–water partition coefficient (Wildman–Crippen LogP) is 4.27. The molecule has 1 amide bonds. The van der Waals surface area contributed by atoms with Gasteiger partial charge in [-0.25, -0.2) is 0 Å². The highest BCUT2D eigenvalue weighted by molar-refractivity contribution is 5.95. The van der Waals surface area contributed by atoms with E-state index in [1.54, 1.807) is 0 Å². The lowest BCUT2D eigenvalue weighted by Gasteiger charge is -2.18. The summed E-state index contributed by atoms with van der Waals surface area (Å²) in [4.78, 5) is 14.7. The van der Waals surface area contributed by atoms with Crippen molar-refractivity contribution in [2.24, 2.45) is 0 Å². The Labute approximate surface area is 142 Å². The van der Waals surface area contributed by atoms with Gasteiger partial charge in [0.15, 0.2) is 0 Å². The summed E-state index contributed by atoms with van der Waals surface area (Å²) < 4.78 is 0. The van der Waals surface area contributed by atoms with Gasteiger partial charge < -0.3 is 10.2 Å². The minimum absolute atomic E-state index is 0. The summed E-state index contributed by atoms with van der Waals surface area (Å²) in [6.45, 7) is 10.1. The monoisotopic (exact) mass is 316 g/mol. The Morgan fingerprint density at radius 2 is 2.04 bits per heavy atom. The quantitative estimate of drug-likeness (QED) is 0.814. The van der Waals surface area contributed by atoms with Crippen LogP contribution in [0.25, 0.3) is 5.57 Å². The van der Waals surface area contributed by atoms with Gasteiger partial charge in [-0.05, 0) is 74.5 Å². The first kappa shape index (κ1) is 17.7. The number of rotatable bonds is 7.